The standard InChI is InChI=1S/C15H24N2/c1-12(2)15-10-16-14(11-17(15)3)9-13-7-5-4-6-8-13/h4-8,12,14-16H,9-11H2,1-3H3/t14-,15+/m0/s1. The van der Waals surface area contributed by atoms with Crippen molar-refractivity contribution in [2.24, 2.45) is 5.92 Å². The van der Waals surface area contributed by atoms with Crippen LogP contribution in [0.2, 0.25) is 0 Å². The molecule has 1 saturated heterocycles. The predicted molar refractivity (Wildman–Crippen MR) is 73.2 cm³/mol. The summed E-state index contributed by atoms with van der Waals surface area (Å²) in [6.45, 7) is 6.88. The van der Waals surface area contributed by atoms with E-state index in [1.54, 1.807) is 0 Å². The minimum absolute atomic E-state index is 0.595. The van der Waals surface area contributed by atoms with Crippen LogP contribution >= 0.6 is 0 Å². The molecule has 0 radical (unpaired) electrons. The fourth-order valence-electron chi connectivity index (χ4n) is 2.77. The van der Waals surface area contributed by atoms with Gasteiger partial charge in [-0.25, -0.2) is 0 Å². The number of nitrogens with one attached hydrogen (secondary N) is 1. The van der Waals surface area contributed by atoms with Crippen LogP contribution in [-0.4, -0.2) is 37.1 Å². The first-order chi connectivity index (χ1) is 8.16. The van der Waals surface area contributed by atoms with E-state index < -0.39 is 0 Å². The Labute approximate surface area is 105 Å². The normalized spacial score (nSPS) is 26.4. The summed E-state index contributed by atoms with van der Waals surface area (Å²) in [7, 11) is 2.25. The second-order valence-electron chi connectivity index (χ2n) is 5.55. The lowest BCUT2D eigenvalue weighted by molar-refractivity contribution is 0.127. The fraction of sp³-hybridized carbons (Fsp3) is 0.600. The molecule has 1 fully saturated rings. The van der Waals surface area contributed by atoms with Gasteiger partial charge in [-0.15, -0.1) is 0 Å². The third-order valence-electron chi connectivity index (χ3n) is 3.78. The summed E-state index contributed by atoms with van der Waals surface area (Å²) in [6, 6.07) is 12.0. The number of hydrogen-bond donors (Lipinski definition) is 1. The molecule has 1 aromatic rings. The Morgan fingerprint density at radius 2 is 2.00 bits per heavy atom. The van der Waals surface area contributed by atoms with Crippen LogP contribution < -0.4 is 5.32 Å². The Balaban J connectivity index is 1.90. The monoisotopic (exact) mass is 232 g/mol. The summed E-state index contributed by atoms with van der Waals surface area (Å²) in [5.74, 6) is 0.727. The quantitative estimate of drug-likeness (QED) is 0.859. The van der Waals surface area contributed by atoms with Gasteiger partial charge in [0.05, 0.1) is 0 Å². The van der Waals surface area contributed by atoms with Crippen LogP contribution in [0.3, 0.4) is 0 Å². The average Bonchev–Trinajstić information content (AvgIpc) is 2.30. The number of nitrogens with zero attached hydrogens (tertiary/aromatic N) is 1. The first kappa shape index (κ1) is 12.6. The van der Waals surface area contributed by atoms with Gasteiger partial charge in [-0.2, -0.15) is 0 Å². The van der Waals surface area contributed by atoms with Crippen molar-refractivity contribution >= 4 is 0 Å². The smallest absolute Gasteiger partial charge is 0.0241 e. The van der Waals surface area contributed by atoms with E-state index in [9.17, 15) is 0 Å². The molecule has 0 saturated carbocycles. The van der Waals surface area contributed by atoms with Crippen molar-refractivity contribution in [3.05, 3.63) is 35.9 Å². The molecule has 1 N–H and O–H groups in total. The van der Waals surface area contributed by atoms with E-state index in [2.05, 4.69) is 61.4 Å². The van der Waals surface area contributed by atoms with Crippen molar-refractivity contribution < 1.29 is 0 Å². The van der Waals surface area contributed by atoms with Gasteiger partial charge in [-0.3, -0.25) is 0 Å². The van der Waals surface area contributed by atoms with Crippen LogP contribution in [-0.2, 0) is 6.42 Å². The summed E-state index contributed by atoms with van der Waals surface area (Å²) in [5, 5.41) is 3.69. The SMILES string of the molecule is CC(C)[C@H]1CN[C@@H](Cc2ccccc2)CN1C. The van der Waals surface area contributed by atoms with E-state index in [4.69, 9.17) is 0 Å². The zero-order valence-corrected chi connectivity index (χ0v) is 11.2. The molecule has 2 atom stereocenters. The van der Waals surface area contributed by atoms with Crippen LogP contribution in [0, 0.1) is 5.92 Å². The molecule has 1 aliphatic heterocycles. The number of likely N-dealkylation sites (N-methyl/N-ethyl adjacent to an activating group) is 1. The van der Waals surface area contributed by atoms with E-state index in [0.717, 1.165) is 25.4 Å². The predicted octanol–water partition coefficient (Wildman–Crippen LogP) is 2.16. The molecule has 2 heteroatoms. The second kappa shape index (κ2) is 5.65. The molecular weight excluding hydrogens is 208 g/mol. The van der Waals surface area contributed by atoms with Crippen molar-refractivity contribution in [2.45, 2.75) is 32.4 Å². The van der Waals surface area contributed by atoms with E-state index in [0.29, 0.717) is 12.1 Å². The maximum absolute atomic E-state index is 3.69. The molecule has 2 rings (SSSR count). The van der Waals surface area contributed by atoms with Crippen LogP contribution in [0.25, 0.3) is 0 Å². The van der Waals surface area contributed by atoms with E-state index >= 15 is 0 Å². The summed E-state index contributed by atoms with van der Waals surface area (Å²) in [4.78, 5) is 2.51. The summed E-state index contributed by atoms with van der Waals surface area (Å²) in [6.07, 6.45) is 1.13. The van der Waals surface area contributed by atoms with Gasteiger partial charge in [0.1, 0.15) is 0 Å². The zero-order valence-electron chi connectivity index (χ0n) is 11.2. The van der Waals surface area contributed by atoms with Crippen molar-refractivity contribution in [3.8, 4) is 0 Å². The third kappa shape index (κ3) is 3.30. The highest BCUT2D eigenvalue weighted by Crippen LogP contribution is 2.15. The first-order valence-corrected chi connectivity index (χ1v) is 6.64. The molecule has 17 heavy (non-hydrogen) atoms. The van der Waals surface area contributed by atoms with Crippen LogP contribution in [0.4, 0.5) is 0 Å². The Bertz CT molecular complexity index is 334. The highest BCUT2D eigenvalue weighted by atomic mass is 15.2. The topological polar surface area (TPSA) is 15.3 Å². The van der Waals surface area contributed by atoms with Gasteiger partial charge < -0.3 is 10.2 Å². The molecule has 1 heterocycles. The molecule has 1 aliphatic rings. The molecule has 1 aromatic carbocycles. The van der Waals surface area contributed by atoms with E-state index in [1.807, 2.05) is 0 Å². The molecule has 2 nitrogen and oxygen atoms in total. The lowest BCUT2D eigenvalue weighted by Crippen LogP contribution is -2.57. The average molecular weight is 232 g/mol. The number of hydrogen-bond acceptors (Lipinski definition) is 2. The zero-order chi connectivity index (χ0) is 12.3. The minimum Gasteiger partial charge on any atom is -0.311 e. The third-order valence-corrected chi connectivity index (χ3v) is 3.78. The molecule has 0 aromatic heterocycles. The van der Waals surface area contributed by atoms with Crippen LogP contribution in [0.1, 0.15) is 19.4 Å². The Kier molecular flexibility index (Phi) is 4.19. The van der Waals surface area contributed by atoms with Crippen molar-refractivity contribution in [1.82, 2.24) is 10.2 Å². The Hall–Kier alpha value is -0.860. The molecule has 0 amide bonds. The molecule has 94 valence electrons. The summed E-state index contributed by atoms with van der Waals surface area (Å²) >= 11 is 0. The minimum atomic E-state index is 0.595. The Morgan fingerprint density at radius 1 is 1.29 bits per heavy atom. The van der Waals surface area contributed by atoms with Crippen molar-refractivity contribution in [1.29, 1.82) is 0 Å². The van der Waals surface area contributed by atoms with Crippen LogP contribution in [0.5, 0.6) is 0 Å². The maximum Gasteiger partial charge on any atom is 0.0241 e. The second-order valence-corrected chi connectivity index (χ2v) is 5.55. The van der Waals surface area contributed by atoms with E-state index in [1.165, 1.54) is 5.56 Å². The Morgan fingerprint density at radius 3 is 2.59 bits per heavy atom. The van der Waals surface area contributed by atoms with Crippen molar-refractivity contribution in [3.63, 3.8) is 0 Å². The number of rotatable bonds is 3. The van der Waals surface area contributed by atoms with Gasteiger partial charge in [-0.05, 0) is 24.9 Å². The molecule has 0 aliphatic carbocycles. The fourth-order valence-corrected chi connectivity index (χ4v) is 2.77. The summed E-state index contributed by atoms with van der Waals surface area (Å²) in [5.41, 5.74) is 1.43. The van der Waals surface area contributed by atoms with Crippen molar-refractivity contribution in [2.75, 3.05) is 20.1 Å². The molecule has 0 spiro atoms. The van der Waals surface area contributed by atoms with Gasteiger partial charge >= 0.3 is 0 Å². The first-order valence-electron chi connectivity index (χ1n) is 6.64. The molecule has 0 unspecified atom stereocenters. The lowest BCUT2D eigenvalue weighted by atomic mass is 9.96. The van der Waals surface area contributed by atoms with Gasteiger partial charge in [0.15, 0.2) is 0 Å². The number of piperazine rings is 1. The van der Waals surface area contributed by atoms with E-state index in [-0.39, 0.29) is 0 Å². The highest BCUT2D eigenvalue weighted by Gasteiger charge is 2.26. The molecule has 0 bridgehead atoms. The maximum atomic E-state index is 3.69. The van der Waals surface area contributed by atoms with Gasteiger partial charge in [0.2, 0.25) is 0 Å². The number of benzene rings is 1. The largest absolute Gasteiger partial charge is 0.311 e. The van der Waals surface area contributed by atoms with Gasteiger partial charge in [-0.1, -0.05) is 44.2 Å². The highest BCUT2D eigenvalue weighted by molar-refractivity contribution is 5.16. The lowest BCUT2D eigenvalue weighted by Gasteiger charge is -2.40. The molecular formula is C15H24N2. The summed E-state index contributed by atoms with van der Waals surface area (Å²) < 4.78 is 0. The van der Waals surface area contributed by atoms with Crippen LogP contribution in [0.15, 0.2) is 30.3 Å². The van der Waals surface area contributed by atoms with Gasteiger partial charge in [0.25, 0.3) is 0 Å². The van der Waals surface area contributed by atoms with Gasteiger partial charge in [0, 0.05) is 25.2 Å².